The van der Waals surface area contributed by atoms with Crippen molar-refractivity contribution in [2.75, 3.05) is 13.7 Å². The molecule has 0 radical (unpaired) electrons. The Hall–Kier alpha value is -3.79. The Kier molecular flexibility index (Phi) is 7.39. The molecule has 10 nitrogen and oxygen atoms in total. The van der Waals surface area contributed by atoms with Gasteiger partial charge in [-0.25, -0.2) is 14.4 Å². The van der Waals surface area contributed by atoms with Crippen LogP contribution in [0.5, 0.6) is 5.75 Å². The molecule has 1 aliphatic rings. The summed E-state index contributed by atoms with van der Waals surface area (Å²) in [5, 5.41) is 2.69. The van der Waals surface area contributed by atoms with E-state index in [9.17, 15) is 19.2 Å². The van der Waals surface area contributed by atoms with Crippen LogP contribution in [0, 0.1) is 0 Å². The molecule has 11 heteroatoms. The lowest BCUT2D eigenvalue weighted by molar-refractivity contribution is -0.149. The number of esters is 2. The minimum atomic E-state index is -0.667. The quantitative estimate of drug-likeness (QED) is 0.350. The maximum absolute atomic E-state index is 12.7. The fourth-order valence-corrected chi connectivity index (χ4v) is 3.11. The van der Waals surface area contributed by atoms with Crippen molar-refractivity contribution in [3.05, 3.63) is 58.1 Å². The van der Waals surface area contributed by atoms with Crippen LogP contribution in [0.15, 0.2) is 40.4 Å². The summed E-state index contributed by atoms with van der Waals surface area (Å²) in [7, 11) is 1.21. The van der Waals surface area contributed by atoms with E-state index in [0.29, 0.717) is 5.56 Å². The molecule has 1 aromatic carbocycles. The predicted octanol–water partition coefficient (Wildman–Crippen LogP) is 3.14. The van der Waals surface area contributed by atoms with Crippen molar-refractivity contribution in [2.45, 2.75) is 26.5 Å². The lowest BCUT2D eigenvalue weighted by atomic mass is 10.2. The van der Waals surface area contributed by atoms with E-state index in [0.717, 1.165) is 4.90 Å². The third-order valence-corrected chi connectivity index (χ3v) is 4.60. The Bertz CT molecular complexity index is 1120. The summed E-state index contributed by atoms with van der Waals surface area (Å²) in [6, 6.07) is 6.90. The molecule has 1 saturated heterocycles. The number of halogens is 1. The van der Waals surface area contributed by atoms with Gasteiger partial charge < -0.3 is 23.9 Å². The topological polar surface area (TPSA) is 124 Å². The number of nitrogens with one attached hydrogen (secondary N) is 1. The normalized spacial score (nSPS) is 14.6. The first kappa shape index (κ1) is 23.9. The summed E-state index contributed by atoms with van der Waals surface area (Å²) in [6.45, 7) is 2.99. The van der Waals surface area contributed by atoms with Crippen molar-refractivity contribution in [1.29, 1.82) is 0 Å². The Morgan fingerprint density at radius 3 is 2.64 bits per heavy atom. The predicted molar refractivity (Wildman–Crippen MR) is 115 cm³/mol. The van der Waals surface area contributed by atoms with E-state index in [-0.39, 0.29) is 47.2 Å². The number of amides is 3. The minimum absolute atomic E-state index is 0.0324. The average Bonchev–Trinajstić information content (AvgIpc) is 3.32. The molecule has 1 aromatic heterocycles. The molecule has 1 aliphatic heterocycles. The van der Waals surface area contributed by atoms with Gasteiger partial charge in [-0.2, -0.15) is 0 Å². The number of hydrogen-bond donors (Lipinski definition) is 1. The molecule has 1 N–H and O–H groups in total. The zero-order chi connectivity index (χ0) is 24.1. The first-order valence-corrected chi connectivity index (χ1v) is 10.2. The molecule has 0 atom stereocenters. The Morgan fingerprint density at radius 2 is 1.97 bits per heavy atom. The Labute approximate surface area is 194 Å². The van der Waals surface area contributed by atoms with Crippen molar-refractivity contribution >= 4 is 41.6 Å². The third-order valence-electron chi connectivity index (χ3n) is 4.30. The van der Waals surface area contributed by atoms with E-state index < -0.39 is 23.9 Å². The van der Waals surface area contributed by atoms with Crippen LogP contribution in [0.4, 0.5) is 4.79 Å². The molecule has 0 bridgehead atoms. The second-order valence-corrected chi connectivity index (χ2v) is 7.56. The van der Waals surface area contributed by atoms with Gasteiger partial charge in [0.25, 0.3) is 5.91 Å². The van der Waals surface area contributed by atoms with Crippen LogP contribution >= 0.6 is 11.6 Å². The fraction of sp³-hybridized carbons (Fsp3) is 0.273. The summed E-state index contributed by atoms with van der Waals surface area (Å²) in [5.74, 6) is -1.31. The van der Waals surface area contributed by atoms with Gasteiger partial charge >= 0.3 is 18.0 Å². The zero-order valence-electron chi connectivity index (χ0n) is 18.0. The first-order chi connectivity index (χ1) is 15.7. The molecule has 3 amide bonds. The third kappa shape index (κ3) is 5.92. The maximum atomic E-state index is 12.7. The number of methoxy groups -OCH3 is 1. The van der Waals surface area contributed by atoms with Crippen molar-refractivity contribution < 1.29 is 37.8 Å². The summed E-state index contributed by atoms with van der Waals surface area (Å²) in [6.07, 6.45) is 1.19. The standard InChI is InChI=1S/C22H21ClN2O8/c1-12(2)32-19(26)11-31-17-6-4-13(8-15(17)23)9-16-20(27)25(22(29)24-16)10-14-5-7-18(33-14)21(28)30-3/h4-9,12H,10-11H2,1-3H3,(H,24,29)/b16-9-. The van der Waals surface area contributed by atoms with Gasteiger partial charge in [0, 0.05) is 0 Å². The van der Waals surface area contributed by atoms with Crippen LogP contribution < -0.4 is 10.1 Å². The number of carbonyl (C=O) groups is 4. The van der Waals surface area contributed by atoms with Crippen LogP contribution in [-0.4, -0.2) is 48.6 Å². The van der Waals surface area contributed by atoms with Gasteiger partial charge in [-0.1, -0.05) is 17.7 Å². The lowest BCUT2D eigenvalue weighted by Crippen LogP contribution is -2.30. The highest BCUT2D eigenvalue weighted by molar-refractivity contribution is 6.32. The molecule has 2 aromatic rings. The fourth-order valence-electron chi connectivity index (χ4n) is 2.87. The number of imide groups is 1. The van der Waals surface area contributed by atoms with Crippen LogP contribution in [0.2, 0.25) is 5.02 Å². The van der Waals surface area contributed by atoms with E-state index >= 15 is 0 Å². The van der Waals surface area contributed by atoms with Crippen molar-refractivity contribution in [3.63, 3.8) is 0 Å². The molecule has 0 spiro atoms. The van der Waals surface area contributed by atoms with Gasteiger partial charge in [-0.3, -0.25) is 9.69 Å². The van der Waals surface area contributed by atoms with Crippen molar-refractivity contribution in [3.8, 4) is 5.75 Å². The first-order valence-electron chi connectivity index (χ1n) is 9.81. The van der Waals surface area contributed by atoms with Crippen LogP contribution in [0.25, 0.3) is 6.08 Å². The summed E-state index contributed by atoms with van der Waals surface area (Å²) >= 11 is 6.21. The lowest BCUT2D eigenvalue weighted by Gasteiger charge is -2.10. The molecular weight excluding hydrogens is 456 g/mol. The van der Waals surface area contributed by atoms with Gasteiger partial charge in [0.05, 0.1) is 24.8 Å². The monoisotopic (exact) mass is 476 g/mol. The highest BCUT2D eigenvalue weighted by Gasteiger charge is 2.34. The van der Waals surface area contributed by atoms with Crippen molar-refractivity contribution in [2.24, 2.45) is 0 Å². The number of ether oxygens (including phenoxy) is 3. The summed E-state index contributed by atoms with van der Waals surface area (Å²) < 4.78 is 20.2. The van der Waals surface area contributed by atoms with Gasteiger partial charge in [-0.15, -0.1) is 0 Å². The summed E-state index contributed by atoms with van der Waals surface area (Å²) in [5.41, 5.74) is 0.554. The van der Waals surface area contributed by atoms with Crippen LogP contribution in [0.1, 0.15) is 35.7 Å². The molecule has 174 valence electrons. The Morgan fingerprint density at radius 1 is 1.21 bits per heavy atom. The number of benzene rings is 1. The minimum Gasteiger partial charge on any atom is -0.480 e. The number of urea groups is 1. The highest BCUT2D eigenvalue weighted by Crippen LogP contribution is 2.27. The smallest absolute Gasteiger partial charge is 0.373 e. The second kappa shape index (κ2) is 10.2. The number of carbonyl (C=O) groups excluding carboxylic acids is 4. The second-order valence-electron chi connectivity index (χ2n) is 7.15. The summed E-state index contributed by atoms with van der Waals surface area (Å²) in [4.78, 5) is 49.0. The molecule has 0 aliphatic carbocycles. The molecular formula is C22H21ClN2O8. The van der Waals surface area contributed by atoms with E-state index in [1.807, 2.05) is 0 Å². The molecule has 0 saturated carbocycles. The molecule has 0 unspecified atom stereocenters. The number of nitrogens with zero attached hydrogens (tertiary/aromatic N) is 1. The SMILES string of the molecule is COC(=O)c1ccc(CN2C(=O)N/C(=C\c3ccc(OCC(=O)OC(C)C)c(Cl)c3)C2=O)o1. The number of hydrogen-bond acceptors (Lipinski definition) is 8. The van der Waals surface area contributed by atoms with Crippen LogP contribution in [0.3, 0.4) is 0 Å². The largest absolute Gasteiger partial charge is 0.480 e. The molecule has 33 heavy (non-hydrogen) atoms. The molecule has 1 fully saturated rings. The van der Waals surface area contributed by atoms with Crippen LogP contribution in [-0.2, 0) is 25.6 Å². The average molecular weight is 477 g/mol. The molecule has 2 heterocycles. The molecule has 3 rings (SSSR count). The number of furan rings is 1. The van der Waals surface area contributed by atoms with E-state index in [1.165, 1.54) is 37.5 Å². The van der Waals surface area contributed by atoms with Gasteiger partial charge in [-0.05, 0) is 49.8 Å². The van der Waals surface area contributed by atoms with Crippen molar-refractivity contribution in [1.82, 2.24) is 10.2 Å². The van der Waals surface area contributed by atoms with Gasteiger partial charge in [0.15, 0.2) is 6.61 Å². The van der Waals surface area contributed by atoms with E-state index in [1.54, 1.807) is 19.9 Å². The van der Waals surface area contributed by atoms with E-state index in [4.69, 9.17) is 25.5 Å². The van der Waals surface area contributed by atoms with E-state index in [2.05, 4.69) is 10.1 Å². The van der Waals surface area contributed by atoms with Gasteiger partial charge in [0.2, 0.25) is 5.76 Å². The zero-order valence-corrected chi connectivity index (χ0v) is 18.8. The highest BCUT2D eigenvalue weighted by atomic mass is 35.5. The number of rotatable bonds is 8. The Balaban J connectivity index is 1.67. The maximum Gasteiger partial charge on any atom is 0.373 e. The van der Waals surface area contributed by atoms with Gasteiger partial charge in [0.1, 0.15) is 17.2 Å².